The number of nitrogens with zero attached hydrogens (tertiary/aromatic N) is 6. The highest BCUT2D eigenvalue weighted by Crippen LogP contribution is 2.45. The summed E-state index contributed by atoms with van der Waals surface area (Å²) in [7, 11) is 0. The Bertz CT molecular complexity index is 1560. The lowest BCUT2D eigenvalue weighted by atomic mass is 9.77. The number of hydrogen-bond acceptors (Lipinski definition) is 7. The highest BCUT2D eigenvalue weighted by molar-refractivity contribution is 5.83. The van der Waals surface area contributed by atoms with Crippen LogP contribution in [0.3, 0.4) is 0 Å². The van der Waals surface area contributed by atoms with Gasteiger partial charge < -0.3 is 14.8 Å². The van der Waals surface area contributed by atoms with Gasteiger partial charge in [-0.25, -0.2) is 28.7 Å². The van der Waals surface area contributed by atoms with Crippen LogP contribution in [-0.4, -0.2) is 43.4 Å². The summed E-state index contributed by atoms with van der Waals surface area (Å²) in [6, 6.07) is 6.85. The molecule has 1 aromatic carbocycles. The zero-order valence-corrected chi connectivity index (χ0v) is 22.3. The van der Waals surface area contributed by atoms with Crippen molar-refractivity contribution in [3.8, 4) is 11.3 Å². The van der Waals surface area contributed by atoms with Gasteiger partial charge in [-0.2, -0.15) is 0 Å². The summed E-state index contributed by atoms with van der Waals surface area (Å²) in [5, 5.41) is 3.03. The van der Waals surface area contributed by atoms with Crippen molar-refractivity contribution in [1.29, 1.82) is 0 Å². The second kappa shape index (κ2) is 9.66. The first-order valence-corrected chi connectivity index (χ1v) is 13.4. The lowest BCUT2D eigenvalue weighted by molar-refractivity contribution is -0.118. The monoisotopic (exact) mass is 531 g/mol. The van der Waals surface area contributed by atoms with Gasteiger partial charge in [-0.05, 0) is 69.7 Å². The molecule has 1 N–H and O–H groups in total. The quantitative estimate of drug-likeness (QED) is 0.331. The van der Waals surface area contributed by atoms with Crippen molar-refractivity contribution in [3.63, 3.8) is 0 Å². The fourth-order valence-electron chi connectivity index (χ4n) is 6.11. The van der Waals surface area contributed by atoms with Crippen LogP contribution in [0.4, 0.5) is 26.2 Å². The third kappa shape index (κ3) is 4.72. The van der Waals surface area contributed by atoms with Gasteiger partial charge in [0.25, 0.3) is 0 Å². The third-order valence-corrected chi connectivity index (χ3v) is 8.14. The van der Waals surface area contributed by atoms with Crippen molar-refractivity contribution >= 4 is 34.3 Å². The Labute approximate surface area is 225 Å². The van der Waals surface area contributed by atoms with Gasteiger partial charge in [-0.1, -0.05) is 0 Å². The maximum Gasteiger partial charge on any atom is 0.229 e. The Morgan fingerprint density at radius 1 is 1.00 bits per heavy atom. The van der Waals surface area contributed by atoms with E-state index >= 15 is 0 Å². The molecule has 39 heavy (non-hydrogen) atoms. The van der Waals surface area contributed by atoms with Crippen LogP contribution in [0.25, 0.3) is 22.3 Å². The fourth-order valence-corrected chi connectivity index (χ4v) is 6.11. The average molecular weight is 532 g/mol. The SMILES string of the molecule is Cc1nc2c(F)cc(-c3nc(Nc4ccc(N5CCC6(CCC(=O)C6)CC5)cn4)ncc3F)cc2n1C(C)C. The van der Waals surface area contributed by atoms with Gasteiger partial charge in [-0.3, -0.25) is 4.79 Å². The molecule has 1 saturated heterocycles. The standard InChI is InChI=1S/C29H31F2N7O/c1-17(2)38-18(3)34-27-22(30)12-19(13-24(27)38)26-23(31)16-33-28(36-26)35-25-5-4-20(15-32-25)37-10-8-29(9-11-37)7-6-21(39)14-29/h4-5,12-13,15-17H,6-11,14H2,1-3H3,(H,32,33,35,36). The smallest absolute Gasteiger partial charge is 0.229 e. The number of anilines is 3. The largest absolute Gasteiger partial charge is 0.370 e. The van der Waals surface area contributed by atoms with Crippen LogP contribution >= 0.6 is 0 Å². The number of rotatable bonds is 5. The molecular weight excluding hydrogens is 500 g/mol. The van der Waals surface area contributed by atoms with Crippen molar-refractivity contribution in [3.05, 3.63) is 54.1 Å². The summed E-state index contributed by atoms with van der Waals surface area (Å²) < 4.78 is 31.7. The van der Waals surface area contributed by atoms with Crippen molar-refractivity contribution in [2.75, 3.05) is 23.3 Å². The number of piperidine rings is 1. The van der Waals surface area contributed by atoms with Gasteiger partial charge in [0.05, 0.1) is 23.6 Å². The lowest BCUT2D eigenvalue weighted by Crippen LogP contribution is -2.39. The number of carbonyl (C=O) groups is 1. The molecule has 2 aliphatic rings. The van der Waals surface area contributed by atoms with E-state index in [2.05, 4.69) is 30.2 Å². The molecule has 0 radical (unpaired) electrons. The average Bonchev–Trinajstić information content (AvgIpc) is 3.45. The first-order valence-electron chi connectivity index (χ1n) is 13.4. The molecule has 0 amide bonds. The van der Waals surface area contributed by atoms with E-state index in [1.165, 1.54) is 6.07 Å². The maximum absolute atomic E-state index is 15.0. The number of aryl methyl sites for hydroxylation is 1. The summed E-state index contributed by atoms with van der Waals surface area (Å²) in [6.07, 6.45) is 7.38. The molecular formula is C29H31F2N7O. The van der Waals surface area contributed by atoms with Gasteiger partial charge in [0.1, 0.15) is 28.6 Å². The highest BCUT2D eigenvalue weighted by atomic mass is 19.1. The number of fused-ring (bicyclic) bond motifs is 1. The molecule has 4 aromatic rings. The Morgan fingerprint density at radius 3 is 2.46 bits per heavy atom. The third-order valence-electron chi connectivity index (χ3n) is 8.14. The Kier molecular flexibility index (Phi) is 6.28. The van der Waals surface area contributed by atoms with Crippen molar-refractivity contribution in [2.24, 2.45) is 5.41 Å². The van der Waals surface area contributed by atoms with E-state index in [0.29, 0.717) is 28.5 Å². The minimum atomic E-state index is -0.651. The van der Waals surface area contributed by atoms with E-state index in [1.807, 2.05) is 37.5 Å². The first-order chi connectivity index (χ1) is 18.7. The van der Waals surface area contributed by atoms with E-state index in [9.17, 15) is 13.6 Å². The summed E-state index contributed by atoms with van der Waals surface area (Å²) in [6.45, 7) is 7.61. The number of imidazole rings is 1. The topological polar surface area (TPSA) is 88.8 Å². The predicted molar refractivity (Wildman–Crippen MR) is 146 cm³/mol. The fraction of sp³-hybridized carbons (Fsp3) is 0.414. The van der Waals surface area contributed by atoms with Crippen LogP contribution in [0.1, 0.15) is 57.8 Å². The molecule has 0 bridgehead atoms. The Balaban J connectivity index is 1.21. The molecule has 4 heterocycles. The van der Waals surface area contributed by atoms with Crippen LogP contribution < -0.4 is 10.2 Å². The molecule has 8 nitrogen and oxygen atoms in total. The second-order valence-electron chi connectivity index (χ2n) is 11.1. The van der Waals surface area contributed by atoms with Crippen LogP contribution in [0.15, 0.2) is 36.7 Å². The van der Waals surface area contributed by atoms with Gasteiger partial charge in [0, 0.05) is 37.5 Å². The zero-order chi connectivity index (χ0) is 27.3. The van der Waals surface area contributed by atoms with E-state index in [-0.39, 0.29) is 28.6 Å². The van der Waals surface area contributed by atoms with Crippen LogP contribution in [0.5, 0.6) is 0 Å². The van der Waals surface area contributed by atoms with Crippen LogP contribution in [-0.2, 0) is 4.79 Å². The molecule has 202 valence electrons. The van der Waals surface area contributed by atoms with Crippen molar-refractivity contribution in [2.45, 2.75) is 58.9 Å². The highest BCUT2D eigenvalue weighted by Gasteiger charge is 2.40. The number of benzene rings is 1. The van der Waals surface area contributed by atoms with Gasteiger partial charge in [-0.15, -0.1) is 0 Å². The number of hydrogen-bond donors (Lipinski definition) is 1. The number of nitrogens with one attached hydrogen (secondary N) is 1. The molecule has 1 aliphatic carbocycles. The molecule has 6 rings (SSSR count). The number of Topliss-reactive ketones (excluding diaryl/α,β-unsaturated/α-hetero) is 1. The molecule has 2 fully saturated rings. The van der Waals surface area contributed by atoms with E-state index in [0.717, 1.165) is 57.1 Å². The molecule has 1 saturated carbocycles. The summed E-state index contributed by atoms with van der Waals surface area (Å²) in [5.74, 6) is 0.580. The number of carbonyl (C=O) groups excluding carboxylic acids is 1. The molecule has 0 unspecified atom stereocenters. The number of halogens is 2. The molecule has 1 spiro atoms. The zero-order valence-electron chi connectivity index (χ0n) is 22.3. The van der Waals surface area contributed by atoms with Gasteiger partial charge >= 0.3 is 0 Å². The minimum Gasteiger partial charge on any atom is -0.370 e. The summed E-state index contributed by atoms with van der Waals surface area (Å²) >= 11 is 0. The molecule has 10 heteroatoms. The second-order valence-corrected chi connectivity index (χ2v) is 11.1. The Morgan fingerprint density at radius 2 is 1.79 bits per heavy atom. The van der Waals surface area contributed by atoms with Crippen LogP contribution in [0, 0.1) is 24.0 Å². The van der Waals surface area contributed by atoms with Crippen molar-refractivity contribution < 1.29 is 13.6 Å². The predicted octanol–water partition coefficient (Wildman–Crippen LogP) is 6.14. The van der Waals surface area contributed by atoms with Crippen molar-refractivity contribution in [1.82, 2.24) is 24.5 Å². The number of pyridine rings is 1. The van der Waals surface area contributed by atoms with E-state index < -0.39 is 11.6 Å². The van der Waals surface area contributed by atoms with E-state index in [4.69, 9.17) is 0 Å². The first kappa shape index (κ1) is 25.3. The van der Waals surface area contributed by atoms with Gasteiger partial charge in [0.2, 0.25) is 5.95 Å². The molecule has 3 aromatic heterocycles. The summed E-state index contributed by atoms with van der Waals surface area (Å²) in [4.78, 5) is 31.4. The van der Waals surface area contributed by atoms with Crippen LogP contribution in [0.2, 0.25) is 0 Å². The Hall–Kier alpha value is -3.95. The number of aromatic nitrogens is 5. The molecule has 1 aliphatic heterocycles. The maximum atomic E-state index is 15.0. The number of ketones is 1. The minimum absolute atomic E-state index is 0.00767. The van der Waals surface area contributed by atoms with E-state index in [1.54, 1.807) is 12.3 Å². The van der Waals surface area contributed by atoms with Gasteiger partial charge in [0.15, 0.2) is 11.6 Å². The normalized spacial score (nSPS) is 17.1. The lowest BCUT2D eigenvalue weighted by Gasteiger charge is -2.39. The molecule has 0 atom stereocenters. The summed E-state index contributed by atoms with van der Waals surface area (Å²) in [5.41, 5.74) is 2.35.